The summed E-state index contributed by atoms with van der Waals surface area (Å²) in [6.07, 6.45) is 1.77. The van der Waals surface area contributed by atoms with Gasteiger partial charge in [0.15, 0.2) is 0 Å². The van der Waals surface area contributed by atoms with Crippen LogP contribution in [0.3, 0.4) is 0 Å². The third kappa shape index (κ3) is 4.45. The molecule has 6 heteroatoms. The van der Waals surface area contributed by atoms with Crippen LogP contribution in [0.4, 0.5) is 0 Å². The molecule has 1 fully saturated rings. The Kier molecular flexibility index (Phi) is 5.80. The van der Waals surface area contributed by atoms with Crippen molar-refractivity contribution in [3.05, 3.63) is 34.9 Å². The third-order valence-electron chi connectivity index (χ3n) is 3.81. The number of rotatable bonds is 5. The van der Waals surface area contributed by atoms with Gasteiger partial charge in [0, 0.05) is 25.7 Å². The number of hydrogen-bond donors (Lipinski definition) is 1. The molecule has 22 heavy (non-hydrogen) atoms. The molecule has 1 N–H and O–H groups in total. The van der Waals surface area contributed by atoms with Crippen molar-refractivity contribution in [1.82, 2.24) is 15.1 Å². The summed E-state index contributed by atoms with van der Waals surface area (Å²) in [6, 6.07) is 7.23. The largest absolute Gasteiger partial charge is 0.351 e. The van der Waals surface area contributed by atoms with E-state index in [0.29, 0.717) is 11.6 Å². The minimum Gasteiger partial charge on any atom is -0.351 e. The summed E-state index contributed by atoms with van der Waals surface area (Å²) >= 11 is 5.92. The summed E-state index contributed by atoms with van der Waals surface area (Å²) in [7, 11) is 3.50. The van der Waals surface area contributed by atoms with Gasteiger partial charge < -0.3 is 10.2 Å². The molecule has 1 aromatic carbocycles. The lowest BCUT2D eigenvalue weighted by atomic mass is 10.2. The van der Waals surface area contributed by atoms with E-state index in [9.17, 15) is 9.59 Å². The van der Waals surface area contributed by atoms with E-state index in [2.05, 4.69) is 5.32 Å². The number of nitrogens with zero attached hydrogens (tertiary/aromatic N) is 2. The number of halogens is 1. The first kappa shape index (κ1) is 16.8. The highest BCUT2D eigenvalue weighted by atomic mass is 35.5. The molecule has 1 aromatic rings. The van der Waals surface area contributed by atoms with Crippen LogP contribution in [-0.2, 0) is 16.1 Å². The predicted octanol–water partition coefficient (Wildman–Crippen LogP) is 1.51. The van der Waals surface area contributed by atoms with Gasteiger partial charge in [0.25, 0.3) is 0 Å². The van der Waals surface area contributed by atoms with Crippen LogP contribution in [0.1, 0.15) is 18.4 Å². The van der Waals surface area contributed by atoms with Crippen molar-refractivity contribution in [1.29, 1.82) is 0 Å². The second-order valence-electron chi connectivity index (χ2n) is 5.77. The van der Waals surface area contributed by atoms with E-state index in [0.717, 1.165) is 24.9 Å². The van der Waals surface area contributed by atoms with Crippen molar-refractivity contribution in [2.24, 2.45) is 0 Å². The molecule has 0 bridgehead atoms. The lowest BCUT2D eigenvalue weighted by Gasteiger charge is -2.25. The fourth-order valence-electron chi connectivity index (χ4n) is 2.68. The molecule has 120 valence electrons. The van der Waals surface area contributed by atoms with Gasteiger partial charge in [0.1, 0.15) is 0 Å². The summed E-state index contributed by atoms with van der Waals surface area (Å²) in [5.41, 5.74) is 0.961. The summed E-state index contributed by atoms with van der Waals surface area (Å²) in [5, 5.41) is 3.53. The Morgan fingerprint density at radius 1 is 1.41 bits per heavy atom. The van der Waals surface area contributed by atoms with E-state index in [1.165, 1.54) is 0 Å². The van der Waals surface area contributed by atoms with Gasteiger partial charge >= 0.3 is 0 Å². The standard InChI is InChI=1S/C16H22ClN3O2/c1-19(2)16(22)14-7-4-8-20(14)11-15(21)18-10-12-5-3-6-13(17)9-12/h3,5-6,9,14H,4,7-8,10-11H2,1-2H3,(H,18,21). The van der Waals surface area contributed by atoms with Gasteiger partial charge in [-0.15, -0.1) is 0 Å². The summed E-state index contributed by atoms with van der Waals surface area (Å²) in [5.74, 6) is -0.00132. The van der Waals surface area contributed by atoms with Crippen molar-refractivity contribution < 1.29 is 9.59 Å². The highest BCUT2D eigenvalue weighted by Gasteiger charge is 2.32. The average Bonchev–Trinajstić information content (AvgIpc) is 2.92. The van der Waals surface area contributed by atoms with E-state index in [4.69, 9.17) is 11.6 Å². The number of benzene rings is 1. The average molecular weight is 324 g/mol. The molecule has 0 aliphatic carbocycles. The first-order valence-electron chi connectivity index (χ1n) is 7.43. The van der Waals surface area contributed by atoms with Gasteiger partial charge in [-0.25, -0.2) is 0 Å². The second kappa shape index (κ2) is 7.61. The monoisotopic (exact) mass is 323 g/mol. The van der Waals surface area contributed by atoms with E-state index in [-0.39, 0.29) is 24.4 Å². The smallest absolute Gasteiger partial charge is 0.239 e. The van der Waals surface area contributed by atoms with Crippen LogP contribution < -0.4 is 5.32 Å². The zero-order valence-corrected chi connectivity index (χ0v) is 13.8. The highest BCUT2D eigenvalue weighted by molar-refractivity contribution is 6.30. The van der Waals surface area contributed by atoms with Crippen LogP contribution >= 0.6 is 11.6 Å². The first-order chi connectivity index (χ1) is 10.5. The van der Waals surface area contributed by atoms with E-state index in [1.54, 1.807) is 25.1 Å². The van der Waals surface area contributed by atoms with E-state index >= 15 is 0 Å². The number of carbonyl (C=O) groups excluding carboxylic acids is 2. The van der Waals surface area contributed by atoms with Gasteiger partial charge in [-0.2, -0.15) is 0 Å². The number of amides is 2. The second-order valence-corrected chi connectivity index (χ2v) is 6.20. The molecule has 0 spiro atoms. The van der Waals surface area contributed by atoms with Crippen LogP contribution in [0.25, 0.3) is 0 Å². The topological polar surface area (TPSA) is 52.7 Å². The van der Waals surface area contributed by atoms with Crippen LogP contribution in [-0.4, -0.2) is 54.8 Å². The molecule has 1 saturated heterocycles. The zero-order valence-electron chi connectivity index (χ0n) is 13.0. The van der Waals surface area contributed by atoms with Crippen molar-refractivity contribution in [3.63, 3.8) is 0 Å². The number of carbonyl (C=O) groups is 2. The molecule has 0 aromatic heterocycles. The quantitative estimate of drug-likeness (QED) is 0.893. The van der Waals surface area contributed by atoms with Crippen molar-refractivity contribution in [2.75, 3.05) is 27.2 Å². The van der Waals surface area contributed by atoms with Crippen molar-refractivity contribution in [2.45, 2.75) is 25.4 Å². The van der Waals surface area contributed by atoms with Gasteiger partial charge in [0.05, 0.1) is 12.6 Å². The first-order valence-corrected chi connectivity index (χ1v) is 7.81. The lowest BCUT2D eigenvalue weighted by molar-refractivity contribution is -0.134. The SMILES string of the molecule is CN(C)C(=O)C1CCCN1CC(=O)NCc1cccc(Cl)c1. The zero-order chi connectivity index (χ0) is 16.1. The maximum Gasteiger partial charge on any atom is 0.239 e. The maximum atomic E-state index is 12.1. The normalized spacial score (nSPS) is 18.2. The van der Waals surface area contributed by atoms with Crippen LogP contribution in [0.2, 0.25) is 5.02 Å². The molecule has 2 rings (SSSR count). The fraction of sp³-hybridized carbons (Fsp3) is 0.500. The van der Waals surface area contributed by atoms with Gasteiger partial charge in [-0.3, -0.25) is 14.5 Å². The molecule has 2 amide bonds. The molecule has 0 saturated carbocycles. The third-order valence-corrected chi connectivity index (χ3v) is 4.05. The molecule has 1 aliphatic heterocycles. The Hall–Kier alpha value is -1.59. The number of hydrogen-bond acceptors (Lipinski definition) is 3. The molecule has 1 atom stereocenters. The van der Waals surface area contributed by atoms with Crippen molar-refractivity contribution in [3.8, 4) is 0 Å². The molecule has 0 radical (unpaired) electrons. The minimum atomic E-state index is -0.174. The van der Waals surface area contributed by atoms with Gasteiger partial charge in [-0.1, -0.05) is 23.7 Å². The number of likely N-dealkylation sites (N-methyl/N-ethyl adjacent to an activating group) is 1. The molecule has 1 heterocycles. The molecular weight excluding hydrogens is 302 g/mol. The number of likely N-dealkylation sites (tertiary alicyclic amines) is 1. The van der Waals surface area contributed by atoms with Gasteiger partial charge in [-0.05, 0) is 37.1 Å². The Morgan fingerprint density at radius 2 is 2.18 bits per heavy atom. The molecule has 1 unspecified atom stereocenters. The molecule has 5 nitrogen and oxygen atoms in total. The predicted molar refractivity (Wildman–Crippen MR) is 86.6 cm³/mol. The Labute approximate surface area is 136 Å². The Bertz CT molecular complexity index is 548. The van der Waals surface area contributed by atoms with Crippen LogP contribution in [0.15, 0.2) is 24.3 Å². The summed E-state index contributed by atoms with van der Waals surface area (Å²) < 4.78 is 0. The number of nitrogens with one attached hydrogen (secondary N) is 1. The molecular formula is C16H22ClN3O2. The minimum absolute atomic E-state index is 0.0696. The summed E-state index contributed by atoms with van der Waals surface area (Å²) in [4.78, 5) is 27.7. The Morgan fingerprint density at radius 3 is 2.86 bits per heavy atom. The fourth-order valence-corrected chi connectivity index (χ4v) is 2.89. The summed E-state index contributed by atoms with van der Waals surface area (Å²) in [6.45, 7) is 1.49. The van der Waals surface area contributed by atoms with Gasteiger partial charge in [0.2, 0.25) is 11.8 Å². The van der Waals surface area contributed by atoms with Crippen molar-refractivity contribution >= 4 is 23.4 Å². The lowest BCUT2D eigenvalue weighted by Crippen LogP contribution is -2.46. The van der Waals surface area contributed by atoms with Crippen LogP contribution in [0, 0.1) is 0 Å². The van der Waals surface area contributed by atoms with E-state index in [1.807, 2.05) is 23.1 Å². The highest BCUT2D eigenvalue weighted by Crippen LogP contribution is 2.18. The van der Waals surface area contributed by atoms with E-state index < -0.39 is 0 Å². The molecule has 1 aliphatic rings. The Balaban J connectivity index is 1.85. The maximum absolute atomic E-state index is 12.1. The van der Waals surface area contributed by atoms with Crippen LogP contribution in [0.5, 0.6) is 0 Å².